The van der Waals surface area contributed by atoms with E-state index in [0.29, 0.717) is 5.01 Å². The molecule has 1 N–H and O–H groups in total. The number of halogens is 2. The maximum absolute atomic E-state index is 13.6. The summed E-state index contributed by atoms with van der Waals surface area (Å²) in [6.45, 7) is 4.75. The molecule has 0 saturated heterocycles. The first-order chi connectivity index (χ1) is 8.63. The lowest BCUT2D eigenvalue weighted by molar-refractivity contribution is 0.511. The summed E-state index contributed by atoms with van der Waals surface area (Å²) >= 11 is 1.27. The van der Waals surface area contributed by atoms with Crippen LogP contribution in [0.4, 0.5) is 8.78 Å². The zero-order valence-corrected chi connectivity index (χ0v) is 10.9. The average molecular weight is 269 g/mol. The molecule has 0 spiro atoms. The highest BCUT2D eigenvalue weighted by Crippen LogP contribution is 2.29. The summed E-state index contributed by atoms with van der Waals surface area (Å²) in [6.07, 6.45) is 0. The van der Waals surface area contributed by atoms with Crippen LogP contribution in [-0.4, -0.2) is 16.7 Å². The van der Waals surface area contributed by atoms with E-state index >= 15 is 0 Å². The number of hydrogen-bond donors (Lipinski definition) is 1. The molecule has 2 aromatic rings. The fraction of sp³-hybridized carbons (Fsp3) is 0.333. The summed E-state index contributed by atoms with van der Waals surface area (Å²) < 4.78 is 26.7. The Morgan fingerprint density at radius 3 is 2.83 bits per heavy atom. The molecule has 0 fully saturated rings. The molecule has 0 radical (unpaired) electrons. The molecule has 0 aliphatic rings. The Labute approximate surface area is 108 Å². The molecule has 18 heavy (non-hydrogen) atoms. The zero-order chi connectivity index (χ0) is 13.1. The van der Waals surface area contributed by atoms with Crippen molar-refractivity contribution in [2.24, 2.45) is 0 Å². The third-order valence-electron chi connectivity index (χ3n) is 2.50. The largest absolute Gasteiger partial charge is 0.308 e. The molecule has 1 unspecified atom stereocenters. The van der Waals surface area contributed by atoms with Crippen molar-refractivity contribution in [3.8, 4) is 10.6 Å². The van der Waals surface area contributed by atoms with Crippen LogP contribution < -0.4 is 5.32 Å². The first-order valence-corrected chi connectivity index (χ1v) is 6.46. The van der Waals surface area contributed by atoms with Crippen molar-refractivity contribution in [3.05, 3.63) is 34.8 Å². The highest BCUT2D eigenvalue weighted by molar-refractivity contribution is 7.14. The SMILES string of the molecule is CCNC(C)c1nnc(-c2cccc(F)c2F)s1. The Balaban J connectivity index is 2.32. The quantitative estimate of drug-likeness (QED) is 0.926. The summed E-state index contributed by atoms with van der Waals surface area (Å²) in [5, 5.41) is 12.3. The van der Waals surface area contributed by atoms with Crippen LogP contribution in [0.5, 0.6) is 0 Å². The number of nitrogens with zero attached hydrogens (tertiary/aromatic N) is 2. The van der Waals surface area contributed by atoms with E-state index in [2.05, 4.69) is 15.5 Å². The van der Waals surface area contributed by atoms with Gasteiger partial charge in [-0.1, -0.05) is 24.3 Å². The van der Waals surface area contributed by atoms with E-state index < -0.39 is 11.6 Å². The van der Waals surface area contributed by atoms with Crippen molar-refractivity contribution >= 4 is 11.3 Å². The van der Waals surface area contributed by atoms with Gasteiger partial charge in [0.05, 0.1) is 11.6 Å². The molecule has 0 bridgehead atoms. The molecule has 6 heteroatoms. The van der Waals surface area contributed by atoms with Crippen LogP contribution in [0.15, 0.2) is 18.2 Å². The Morgan fingerprint density at radius 2 is 2.11 bits per heavy atom. The minimum Gasteiger partial charge on any atom is -0.308 e. The van der Waals surface area contributed by atoms with E-state index in [1.54, 1.807) is 0 Å². The molecule has 1 atom stereocenters. The Kier molecular flexibility index (Phi) is 3.98. The van der Waals surface area contributed by atoms with Gasteiger partial charge in [-0.25, -0.2) is 8.78 Å². The van der Waals surface area contributed by atoms with Gasteiger partial charge in [-0.2, -0.15) is 0 Å². The van der Waals surface area contributed by atoms with Crippen molar-refractivity contribution in [2.45, 2.75) is 19.9 Å². The lowest BCUT2D eigenvalue weighted by atomic mass is 10.2. The van der Waals surface area contributed by atoms with Gasteiger partial charge in [-0.3, -0.25) is 0 Å². The topological polar surface area (TPSA) is 37.8 Å². The van der Waals surface area contributed by atoms with Crippen molar-refractivity contribution in [2.75, 3.05) is 6.54 Å². The molecule has 0 saturated carbocycles. The van der Waals surface area contributed by atoms with E-state index in [4.69, 9.17) is 0 Å². The molecule has 1 heterocycles. The van der Waals surface area contributed by atoms with Crippen LogP contribution in [0.3, 0.4) is 0 Å². The second-order valence-corrected chi connectivity index (χ2v) is 4.84. The van der Waals surface area contributed by atoms with Crippen molar-refractivity contribution in [3.63, 3.8) is 0 Å². The lowest BCUT2D eigenvalue weighted by Crippen LogP contribution is -2.17. The van der Waals surface area contributed by atoms with Gasteiger partial charge in [0.25, 0.3) is 0 Å². The van der Waals surface area contributed by atoms with E-state index in [1.807, 2.05) is 13.8 Å². The summed E-state index contributed by atoms with van der Waals surface area (Å²) in [6, 6.07) is 4.10. The average Bonchev–Trinajstić information content (AvgIpc) is 2.82. The molecule has 0 aliphatic carbocycles. The lowest BCUT2D eigenvalue weighted by Gasteiger charge is -2.06. The Hall–Kier alpha value is -1.40. The fourth-order valence-corrected chi connectivity index (χ4v) is 2.47. The minimum absolute atomic E-state index is 0.0536. The van der Waals surface area contributed by atoms with Gasteiger partial charge in [0.2, 0.25) is 0 Å². The Bertz CT molecular complexity index is 542. The number of hydrogen-bond acceptors (Lipinski definition) is 4. The van der Waals surface area contributed by atoms with E-state index in [9.17, 15) is 8.78 Å². The number of aromatic nitrogens is 2. The van der Waals surface area contributed by atoms with Gasteiger partial charge in [0.15, 0.2) is 16.6 Å². The molecular weight excluding hydrogens is 256 g/mol. The van der Waals surface area contributed by atoms with Crippen LogP contribution in [0.25, 0.3) is 10.6 Å². The Morgan fingerprint density at radius 1 is 1.33 bits per heavy atom. The maximum Gasteiger partial charge on any atom is 0.169 e. The van der Waals surface area contributed by atoms with Crippen molar-refractivity contribution < 1.29 is 8.78 Å². The third kappa shape index (κ3) is 2.54. The normalized spacial score (nSPS) is 12.7. The monoisotopic (exact) mass is 269 g/mol. The summed E-state index contributed by atoms with van der Waals surface area (Å²) in [5.74, 6) is -1.75. The zero-order valence-electron chi connectivity index (χ0n) is 10.1. The van der Waals surface area contributed by atoms with E-state index in [-0.39, 0.29) is 11.6 Å². The highest BCUT2D eigenvalue weighted by Gasteiger charge is 2.16. The van der Waals surface area contributed by atoms with Crippen LogP contribution in [0.2, 0.25) is 0 Å². The molecule has 2 rings (SSSR count). The smallest absolute Gasteiger partial charge is 0.169 e. The summed E-state index contributed by atoms with van der Waals surface area (Å²) in [4.78, 5) is 0. The standard InChI is InChI=1S/C12H13F2N3S/c1-3-15-7(2)11-16-17-12(18-11)8-5-4-6-9(13)10(8)14/h4-7,15H,3H2,1-2H3. The van der Waals surface area contributed by atoms with E-state index in [0.717, 1.165) is 17.6 Å². The van der Waals surface area contributed by atoms with Gasteiger partial charge >= 0.3 is 0 Å². The highest BCUT2D eigenvalue weighted by atomic mass is 32.1. The molecule has 96 valence electrons. The van der Waals surface area contributed by atoms with Gasteiger partial charge in [0, 0.05) is 0 Å². The van der Waals surface area contributed by atoms with Crippen LogP contribution in [-0.2, 0) is 0 Å². The molecule has 1 aromatic carbocycles. The number of rotatable bonds is 4. The van der Waals surface area contributed by atoms with Crippen LogP contribution >= 0.6 is 11.3 Å². The van der Waals surface area contributed by atoms with Crippen molar-refractivity contribution in [1.29, 1.82) is 0 Å². The minimum atomic E-state index is -0.878. The molecule has 0 amide bonds. The van der Waals surface area contributed by atoms with Crippen LogP contribution in [0, 0.1) is 11.6 Å². The maximum atomic E-state index is 13.6. The summed E-state index contributed by atoms with van der Waals surface area (Å²) in [5.41, 5.74) is 0.155. The van der Waals surface area contributed by atoms with Gasteiger partial charge in [-0.15, -0.1) is 10.2 Å². The van der Waals surface area contributed by atoms with Gasteiger partial charge < -0.3 is 5.32 Å². The molecular formula is C12H13F2N3S. The van der Waals surface area contributed by atoms with Crippen molar-refractivity contribution in [1.82, 2.24) is 15.5 Å². The fourth-order valence-electron chi connectivity index (χ4n) is 1.58. The summed E-state index contributed by atoms with van der Waals surface area (Å²) in [7, 11) is 0. The van der Waals surface area contributed by atoms with Crippen LogP contribution in [0.1, 0.15) is 24.9 Å². The molecule has 3 nitrogen and oxygen atoms in total. The first-order valence-electron chi connectivity index (χ1n) is 5.64. The predicted octanol–water partition coefficient (Wildman–Crippen LogP) is 3.15. The third-order valence-corrected chi connectivity index (χ3v) is 3.64. The second kappa shape index (κ2) is 5.49. The molecule has 1 aromatic heterocycles. The number of benzene rings is 1. The number of nitrogens with one attached hydrogen (secondary N) is 1. The van der Waals surface area contributed by atoms with Gasteiger partial charge in [0.1, 0.15) is 5.01 Å². The van der Waals surface area contributed by atoms with E-state index in [1.165, 1.54) is 23.5 Å². The first kappa shape index (κ1) is 13.0. The second-order valence-electron chi connectivity index (χ2n) is 3.83. The predicted molar refractivity (Wildman–Crippen MR) is 67.4 cm³/mol. The molecule has 0 aliphatic heterocycles. The van der Waals surface area contributed by atoms with Gasteiger partial charge in [-0.05, 0) is 25.6 Å².